The Morgan fingerprint density at radius 3 is 2.86 bits per heavy atom. The van der Waals surface area contributed by atoms with Gasteiger partial charge in [-0.05, 0) is 0 Å². The first-order valence-electron chi connectivity index (χ1n) is 3.68. The Labute approximate surface area is 83.2 Å². The van der Waals surface area contributed by atoms with Crippen molar-refractivity contribution in [1.29, 1.82) is 0 Å². The predicted molar refractivity (Wildman–Crippen MR) is 48.1 cm³/mol. The fourth-order valence-corrected chi connectivity index (χ4v) is 1.22. The first-order valence-corrected chi connectivity index (χ1v) is 4.63. The van der Waals surface area contributed by atoms with Gasteiger partial charge in [0.15, 0.2) is 6.10 Å². The summed E-state index contributed by atoms with van der Waals surface area (Å²) in [5, 5.41) is 20.9. The smallest absolute Gasteiger partial charge is 0.334 e. The number of thiazole rings is 1. The van der Waals surface area contributed by atoms with Crippen LogP contribution in [0.25, 0.3) is 0 Å². The highest BCUT2D eigenvalue weighted by molar-refractivity contribution is 7.07. The molecule has 1 aromatic heterocycles. The van der Waals surface area contributed by atoms with Crippen molar-refractivity contribution in [2.75, 3.05) is 6.54 Å². The number of carbonyl (C=O) groups excluding carboxylic acids is 1. The maximum atomic E-state index is 11.2. The van der Waals surface area contributed by atoms with Crippen LogP contribution in [0.4, 0.5) is 0 Å². The zero-order chi connectivity index (χ0) is 10.6. The standard InChI is InChI=1S/C7H8N2O4S/c10-5(7(12)13)1-8-6(11)4-2-14-3-9-4/h2-3,5,10H,1H2,(H,8,11)(H,12,13)/t5-/m0/s1. The zero-order valence-electron chi connectivity index (χ0n) is 7.01. The molecule has 76 valence electrons. The molecule has 0 unspecified atom stereocenters. The first-order chi connectivity index (χ1) is 6.61. The van der Waals surface area contributed by atoms with E-state index in [-0.39, 0.29) is 12.2 Å². The molecule has 1 aromatic rings. The van der Waals surface area contributed by atoms with Gasteiger partial charge in [0, 0.05) is 5.38 Å². The molecular formula is C7H8N2O4S. The van der Waals surface area contributed by atoms with Crippen molar-refractivity contribution in [1.82, 2.24) is 10.3 Å². The molecule has 0 saturated carbocycles. The van der Waals surface area contributed by atoms with Gasteiger partial charge in [0.2, 0.25) is 0 Å². The van der Waals surface area contributed by atoms with Gasteiger partial charge in [0.25, 0.3) is 5.91 Å². The third kappa shape index (κ3) is 2.79. The van der Waals surface area contributed by atoms with Crippen molar-refractivity contribution in [3.05, 3.63) is 16.6 Å². The summed E-state index contributed by atoms with van der Waals surface area (Å²) in [5.74, 6) is -1.87. The second kappa shape index (κ2) is 4.68. The molecule has 0 radical (unpaired) electrons. The maximum Gasteiger partial charge on any atom is 0.334 e. The van der Waals surface area contributed by atoms with E-state index in [1.54, 1.807) is 0 Å². The van der Waals surface area contributed by atoms with Crippen LogP contribution in [-0.2, 0) is 4.79 Å². The lowest BCUT2D eigenvalue weighted by Crippen LogP contribution is -2.36. The number of aromatic nitrogens is 1. The number of carboxylic acid groups (broad SMARTS) is 1. The average molecular weight is 216 g/mol. The maximum absolute atomic E-state index is 11.2. The largest absolute Gasteiger partial charge is 0.479 e. The number of amides is 1. The van der Waals surface area contributed by atoms with Crippen LogP contribution >= 0.6 is 11.3 Å². The fourth-order valence-electron chi connectivity index (χ4n) is 0.692. The number of aliphatic hydroxyl groups is 1. The Kier molecular flexibility index (Phi) is 3.55. The quantitative estimate of drug-likeness (QED) is 0.619. The number of carboxylic acids is 1. The summed E-state index contributed by atoms with van der Waals surface area (Å²) >= 11 is 1.26. The number of hydrogen-bond acceptors (Lipinski definition) is 5. The van der Waals surface area contributed by atoms with E-state index in [9.17, 15) is 9.59 Å². The van der Waals surface area contributed by atoms with Crippen molar-refractivity contribution < 1.29 is 19.8 Å². The van der Waals surface area contributed by atoms with Crippen molar-refractivity contribution in [2.24, 2.45) is 0 Å². The van der Waals surface area contributed by atoms with Crippen molar-refractivity contribution in [2.45, 2.75) is 6.10 Å². The molecular weight excluding hydrogens is 208 g/mol. The van der Waals surface area contributed by atoms with E-state index in [1.165, 1.54) is 22.2 Å². The minimum atomic E-state index is -1.59. The van der Waals surface area contributed by atoms with Gasteiger partial charge in [-0.2, -0.15) is 0 Å². The molecule has 6 nitrogen and oxygen atoms in total. The summed E-state index contributed by atoms with van der Waals surface area (Å²) in [6.07, 6.45) is -1.59. The first kappa shape index (κ1) is 10.6. The molecule has 0 fully saturated rings. The molecule has 3 N–H and O–H groups in total. The topological polar surface area (TPSA) is 99.5 Å². The number of hydrogen-bond donors (Lipinski definition) is 3. The summed E-state index contributed by atoms with van der Waals surface area (Å²) in [7, 11) is 0. The van der Waals surface area contributed by atoms with Gasteiger partial charge in [-0.25, -0.2) is 9.78 Å². The molecule has 1 atom stereocenters. The van der Waals surface area contributed by atoms with Crippen LogP contribution in [0.5, 0.6) is 0 Å². The highest BCUT2D eigenvalue weighted by Crippen LogP contribution is 1.99. The fraction of sp³-hybridized carbons (Fsp3) is 0.286. The second-order valence-electron chi connectivity index (χ2n) is 2.44. The van der Waals surface area contributed by atoms with E-state index in [4.69, 9.17) is 10.2 Å². The van der Waals surface area contributed by atoms with Crippen molar-refractivity contribution in [3.8, 4) is 0 Å². The molecule has 0 spiro atoms. The number of rotatable bonds is 4. The summed E-state index contributed by atoms with van der Waals surface area (Å²) in [6.45, 7) is -0.328. The molecule has 0 aliphatic rings. The van der Waals surface area contributed by atoms with Gasteiger partial charge in [-0.1, -0.05) is 0 Å². The van der Waals surface area contributed by atoms with Gasteiger partial charge >= 0.3 is 5.97 Å². The molecule has 1 rings (SSSR count). The highest BCUT2D eigenvalue weighted by Gasteiger charge is 2.15. The molecule has 0 aliphatic heterocycles. The highest BCUT2D eigenvalue weighted by atomic mass is 32.1. The van der Waals surface area contributed by atoms with E-state index in [0.717, 1.165) is 0 Å². The molecule has 0 saturated heterocycles. The van der Waals surface area contributed by atoms with Crippen LogP contribution < -0.4 is 5.32 Å². The van der Waals surface area contributed by atoms with E-state index in [1.807, 2.05) is 0 Å². The Morgan fingerprint density at radius 1 is 1.64 bits per heavy atom. The van der Waals surface area contributed by atoms with Crippen LogP contribution in [-0.4, -0.2) is 39.7 Å². The van der Waals surface area contributed by atoms with Crippen LogP contribution in [0.2, 0.25) is 0 Å². The lowest BCUT2D eigenvalue weighted by atomic mass is 10.3. The average Bonchev–Trinajstić information content (AvgIpc) is 2.66. The third-order valence-electron chi connectivity index (χ3n) is 1.41. The number of aliphatic carboxylic acids is 1. The third-order valence-corrected chi connectivity index (χ3v) is 1.99. The number of carbonyl (C=O) groups is 2. The minimum Gasteiger partial charge on any atom is -0.479 e. The lowest BCUT2D eigenvalue weighted by Gasteiger charge is -2.05. The van der Waals surface area contributed by atoms with Crippen LogP contribution in [0, 0.1) is 0 Å². The Hall–Kier alpha value is -1.47. The monoisotopic (exact) mass is 216 g/mol. The van der Waals surface area contributed by atoms with Gasteiger partial charge in [0.1, 0.15) is 5.69 Å². The summed E-state index contributed by atoms with van der Waals surface area (Å²) in [6, 6.07) is 0. The summed E-state index contributed by atoms with van der Waals surface area (Å²) in [5.41, 5.74) is 1.70. The predicted octanol–water partition coefficient (Wildman–Crippen LogP) is -0.682. The van der Waals surface area contributed by atoms with Gasteiger partial charge in [0.05, 0.1) is 12.1 Å². The number of nitrogens with one attached hydrogen (secondary N) is 1. The van der Waals surface area contributed by atoms with E-state index in [2.05, 4.69) is 10.3 Å². The van der Waals surface area contributed by atoms with Gasteiger partial charge in [-0.3, -0.25) is 4.79 Å². The normalized spacial score (nSPS) is 12.1. The zero-order valence-corrected chi connectivity index (χ0v) is 7.82. The van der Waals surface area contributed by atoms with Crippen molar-refractivity contribution in [3.63, 3.8) is 0 Å². The van der Waals surface area contributed by atoms with E-state index < -0.39 is 18.0 Å². The molecule has 14 heavy (non-hydrogen) atoms. The molecule has 0 aromatic carbocycles. The molecule has 0 bridgehead atoms. The molecule has 1 amide bonds. The van der Waals surface area contributed by atoms with Crippen LogP contribution in [0.3, 0.4) is 0 Å². The molecule has 7 heteroatoms. The Balaban J connectivity index is 2.40. The lowest BCUT2D eigenvalue weighted by molar-refractivity contribution is -0.146. The van der Waals surface area contributed by atoms with Gasteiger partial charge < -0.3 is 15.5 Å². The van der Waals surface area contributed by atoms with Crippen molar-refractivity contribution >= 4 is 23.2 Å². The number of nitrogens with zero attached hydrogens (tertiary/aromatic N) is 1. The van der Waals surface area contributed by atoms with E-state index in [0.29, 0.717) is 0 Å². The summed E-state index contributed by atoms with van der Waals surface area (Å²) in [4.78, 5) is 25.1. The summed E-state index contributed by atoms with van der Waals surface area (Å²) < 4.78 is 0. The molecule has 0 aliphatic carbocycles. The number of aliphatic hydroxyl groups excluding tert-OH is 1. The second-order valence-corrected chi connectivity index (χ2v) is 3.16. The van der Waals surface area contributed by atoms with Crippen LogP contribution in [0.15, 0.2) is 10.9 Å². The Morgan fingerprint density at radius 2 is 2.36 bits per heavy atom. The van der Waals surface area contributed by atoms with Gasteiger partial charge in [-0.15, -0.1) is 11.3 Å². The minimum absolute atomic E-state index is 0.215. The van der Waals surface area contributed by atoms with E-state index >= 15 is 0 Å². The molecule has 1 heterocycles. The SMILES string of the molecule is O=C(NC[C@H](O)C(=O)O)c1cscn1. The van der Waals surface area contributed by atoms with Crippen LogP contribution in [0.1, 0.15) is 10.5 Å². The Bertz CT molecular complexity index is 324.